The Morgan fingerprint density at radius 2 is 1.90 bits per heavy atom. The highest BCUT2D eigenvalue weighted by molar-refractivity contribution is 5.96. The smallest absolute Gasteiger partial charge is 0.321 e. The molecule has 1 atom stereocenters. The van der Waals surface area contributed by atoms with Crippen LogP contribution in [-0.4, -0.2) is 36.5 Å². The molecule has 0 aliphatic rings. The van der Waals surface area contributed by atoms with Crippen LogP contribution < -0.4 is 10.6 Å². The zero-order valence-electron chi connectivity index (χ0n) is 11.9. The molecule has 1 aromatic carbocycles. The maximum absolute atomic E-state index is 12.8. The van der Waals surface area contributed by atoms with Crippen LogP contribution in [0.25, 0.3) is 0 Å². The molecule has 0 spiro atoms. The summed E-state index contributed by atoms with van der Waals surface area (Å²) in [5.74, 6) is -0.668. The van der Waals surface area contributed by atoms with E-state index < -0.39 is 12.1 Å². The first-order chi connectivity index (χ1) is 9.43. The molecule has 1 aromatic rings. The molecule has 6 heteroatoms. The summed E-state index contributed by atoms with van der Waals surface area (Å²) in [7, 11) is 1.77. The van der Waals surface area contributed by atoms with Crippen LogP contribution in [0.5, 0.6) is 0 Å². The van der Waals surface area contributed by atoms with Crippen LogP contribution in [0.15, 0.2) is 24.3 Å². The maximum Gasteiger partial charge on any atom is 0.321 e. The van der Waals surface area contributed by atoms with Crippen molar-refractivity contribution in [2.45, 2.75) is 26.4 Å². The van der Waals surface area contributed by atoms with Crippen LogP contribution in [0.1, 0.15) is 19.4 Å². The Bertz CT molecular complexity index is 462. The van der Waals surface area contributed by atoms with Crippen molar-refractivity contribution in [2.75, 3.05) is 13.6 Å². The zero-order valence-corrected chi connectivity index (χ0v) is 11.9. The van der Waals surface area contributed by atoms with E-state index in [1.165, 1.54) is 12.1 Å². The van der Waals surface area contributed by atoms with Gasteiger partial charge < -0.3 is 5.32 Å². The van der Waals surface area contributed by atoms with Crippen molar-refractivity contribution in [3.63, 3.8) is 0 Å². The van der Waals surface area contributed by atoms with Gasteiger partial charge in [0.05, 0.1) is 6.04 Å². The number of nitrogens with zero attached hydrogens (tertiary/aromatic N) is 1. The summed E-state index contributed by atoms with van der Waals surface area (Å²) in [5.41, 5.74) is 0.895. The van der Waals surface area contributed by atoms with E-state index in [9.17, 15) is 14.0 Å². The summed E-state index contributed by atoms with van der Waals surface area (Å²) >= 11 is 0. The van der Waals surface area contributed by atoms with Gasteiger partial charge >= 0.3 is 6.03 Å². The van der Waals surface area contributed by atoms with Crippen molar-refractivity contribution in [3.8, 4) is 0 Å². The second-order valence-electron chi connectivity index (χ2n) is 4.57. The summed E-state index contributed by atoms with van der Waals surface area (Å²) < 4.78 is 12.8. The number of halogens is 1. The first-order valence-electron chi connectivity index (χ1n) is 6.47. The van der Waals surface area contributed by atoms with Gasteiger partial charge in [0.1, 0.15) is 5.82 Å². The highest BCUT2D eigenvalue weighted by atomic mass is 19.1. The molecule has 0 aliphatic heterocycles. The average molecular weight is 281 g/mol. The number of carbonyl (C=O) groups excluding carboxylic acids is 2. The minimum absolute atomic E-state index is 0.293. The number of hydrogen-bond acceptors (Lipinski definition) is 3. The molecule has 1 rings (SSSR count). The zero-order chi connectivity index (χ0) is 15.1. The fourth-order valence-corrected chi connectivity index (χ4v) is 1.64. The van der Waals surface area contributed by atoms with Crippen molar-refractivity contribution < 1.29 is 14.0 Å². The number of nitrogens with one attached hydrogen (secondary N) is 2. The van der Waals surface area contributed by atoms with Crippen LogP contribution in [0, 0.1) is 5.82 Å². The largest absolute Gasteiger partial charge is 0.338 e. The lowest BCUT2D eigenvalue weighted by molar-refractivity contribution is -0.124. The molecule has 2 N–H and O–H groups in total. The van der Waals surface area contributed by atoms with Gasteiger partial charge in [0.15, 0.2) is 0 Å². The molecule has 3 amide bonds. The normalized spacial score (nSPS) is 12.1. The van der Waals surface area contributed by atoms with Gasteiger partial charge in [-0.25, -0.2) is 9.18 Å². The first kappa shape index (κ1) is 16.1. The molecule has 0 saturated heterocycles. The van der Waals surface area contributed by atoms with E-state index in [0.717, 1.165) is 5.56 Å². The van der Waals surface area contributed by atoms with Crippen molar-refractivity contribution in [3.05, 3.63) is 35.6 Å². The molecule has 110 valence electrons. The molecule has 0 bridgehead atoms. The molecule has 20 heavy (non-hydrogen) atoms. The van der Waals surface area contributed by atoms with Gasteiger partial charge in [0, 0.05) is 13.1 Å². The van der Waals surface area contributed by atoms with E-state index in [2.05, 4.69) is 10.6 Å². The van der Waals surface area contributed by atoms with Crippen molar-refractivity contribution >= 4 is 11.9 Å². The summed E-state index contributed by atoms with van der Waals surface area (Å²) in [4.78, 5) is 24.9. The van der Waals surface area contributed by atoms with Gasteiger partial charge in [-0.2, -0.15) is 0 Å². The second-order valence-corrected chi connectivity index (χ2v) is 4.57. The van der Waals surface area contributed by atoms with Gasteiger partial charge in [-0.05, 0) is 38.6 Å². The Hall–Kier alpha value is -1.95. The minimum atomic E-state index is -0.500. The van der Waals surface area contributed by atoms with Crippen molar-refractivity contribution in [1.82, 2.24) is 15.5 Å². The predicted octanol–water partition coefficient (Wildman–Crippen LogP) is 1.49. The number of rotatable bonds is 5. The van der Waals surface area contributed by atoms with Crippen LogP contribution in [-0.2, 0) is 11.3 Å². The third kappa shape index (κ3) is 4.97. The van der Waals surface area contributed by atoms with Crippen molar-refractivity contribution in [1.29, 1.82) is 0 Å². The van der Waals surface area contributed by atoms with Gasteiger partial charge in [-0.3, -0.25) is 15.0 Å². The summed E-state index contributed by atoms with van der Waals surface area (Å²) in [5, 5.41) is 4.76. The molecular weight excluding hydrogens is 261 g/mol. The number of likely N-dealkylation sites (N-methyl/N-ethyl adjacent to an activating group) is 1. The average Bonchev–Trinajstić information content (AvgIpc) is 2.40. The van der Waals surface area contributed by atoms with Crippen LogP contribution >= 0.6 is 0 Å². The Kier molecular flexibility index (Phi) is 6.11. The Balaban J connectivity index is 2.53. The number of carbonyl (C=O) groups is 2. The van der Waals surface area contributed by atoms with Gasteiger partial charge in [-0.1, -0.05) is 12.1 Å². The van der Waals surface area contributed by atoms with Crippen molar-refractivity contribution in [2.24, 2.45) is 0 Å². The molecule has 0 radical (unpaired) electrons. The lowest BCUT2D eigenvalue weighted by Crippen LogP contribution is -2.48. The Labute approximate surface area is 118 Å². The van der Waals surface area contributed by atoms with Crippen LogP contribution in [0.3, 0.4) is 0 Å². The molecule has 0 aliphatic carbocycles. The highest BCUT2D eigenvalue weighted by Crippen LogP contribution is 2.08. The number of amides is 3. The van der Waals surface area contributed by atoms with E-state index >= 15 is 0 Å². The number of imide groups is 1. The molecular formula is C14H20FN3O2. The third-order valence-electron chi connectivity index (χ3n) is 2.96. The molecule has 0 heterocycles. The topological polar surface area (TPSA) is 61.4 Å². The molecule has 0 aromatic heterocycles. The summed E-state index contributed by atoms with van der Waals surface area (Å²) in [6.07, 6.45) is 0. The third-order valence-corrected chi connectivity index (χ3v) is 2.96. The fourth-order valence-electron chi connectivity index (χ4n) is 1.64. The lowest BCUT2D eigenvalue weighted by Gasteiger charge is -2.23. The Morgan fingerprint density at radius 3 is 2.45 bits per heavy atom. The maximum atomic E-state index is 12.8. The summed E-state index contributed by atoms with van der Waals surface area (Å²) in [6, 6.07) is 5.12. The van der Waals surface area contributed by atoms with Gasteiger partial charge in [0.2, 0.25) is 5.91 Å². The SMILES string of the molecule is CCNC(=O)NC(=O)[C@H](C)N(C)Cc1ccc(F)cc1. The molecule has 0 fully saturated rings. The van der Waals surface area contributed by atoms with Crippen LogP contribution in [0.4, 0.5) is 9.18 Å². The van der Waals surface area contributed by atoms with E-state index in [1.54, 1.807) is 37.9 Å². The highest BCUT2D eigenvalue weighted by Gasteiger charge is 2.19. The monoisotopic (exact) mass is 281 g/mol. The first-order valence-corrected chi connectivity index (χ1v) is 6.47. The molecule has 0 unspecified atom stereocenters. The predicted molar refractivity (Wildman–Crippen MR) is 74.5 cm³/mol. The standard InChI is InChI=1S/C14H20FN3O2/c1-4-16-14(20)17-13(19)10(2)18(3)9-11-5-7-12(15)8-6-11/h5-8,10H,4,9H2,1-3H3,(H2,16,17,19,20)/t10-/m0/s1. The number of benzene rings is 1. The number of urea groups is 1. The second kappa shape index (κ2) is 7.59. The lowest BCUT2D eigenvalue weighted by atomic mass is 10.2. The fraction of sp³-hybridized carbons (Fsp3) is 0.429. The summed E-state index contributed by atoms with van der Waals surface area (Å²) in [6.45, 7) is 4.43. The van der Waals surface area contributed by atoms with Gasteiger partial charge in [-0.15, -0.1) is 0 Å². The molecule has 5 nitrogen and oxygen atoms in total. The van der Waals surface area contributed by atoms with E-state index in [4.69, 9.17) is 0 Å². The Morgan fingerprint density at radius 1 is 1.30 bits per heavy atom. The quantitative estimate of drug-likeness (QED) is 0.859. The molecule has 0 saturated carbocycles. The minimum Gasteiger partial charge on any atom is -0.338 e. The van der Waals surface area contributed by atoms with Crippen LogP contribution in [0.2, 0.25) is 0 Å². The van der Waals surface area contributed by atoms with E-state index in [-0.39, 0.29) is 11.7 Å². The van der Waals surface area contributed by atoms with E-state index in [0.29, 0.717) is 13.1 Å². The van der Waals surface area contributed by atoms with E-state index in [1.807, 2.05) is 0 Å². The van der Waals surface area contributed by atoms with Gasteiger partial charge in [0.25, 0.3) is 0 Å². The number of hydrogen-bond donors (Lipinski definition) is 2.